The molecular weight excluding hydrogens is 398 g/mol. The second kappa shape index (κ2) is 8.51. The Morgan fingerprint density at radius 3 is 2.92 bits per heavy atom. The van der Waals surface area contributed by atoms with Crippen molar-refractivity contribution in [3.05, 3.63) is 52.4 Å². The number of hydrogen-bond donors (Lipinski definition) is 2. The Kier molecular flexibility index (Phi) is 6.11. The number of nitrogens with zero attached hydrogens (tertiary/aromatic N) is 1. The monoisotopic (exact) mass is 419 g/mol. The molecule has 2 amide bonds. The topological polar surface area (TPSA) is 74.6 Å². The smallest absolute Gasteiger partial charge is 0.238 e. The first-order valence-electron chi connectivity index (χ1n) is 8.63. The van der Waals surface area contributed by atoms with Gasteiger partial charge in [0.25, 0.3) is 0 Å². The van der Waals surface area contributed by atoms with Crippen LogP contribution in [0.25, 0.3) is 0 Å². The van der Waals surface area contributed by atoms with E-state index in [-0.39, 0.29) is 24.4 Å². The summed E-state index contributed by atoms with van der Waals surface area (Å²) in [5, 5.41) is 5.81. The fraction of sp³-hybridized carbons (Fsp3) is 0.368. The molecule has 1 aliphatic rings. The highest BCUT2D eigenvalue weighted by Gasteiger charge is 2.31. The van der Waals surface area contributed by atoms with Gasteiger partial charge in [0.05, 0.1) is 25.4 Å². The maximum Gasteiger partial charge on any atom is 0.238 e. The summed E-state index contributed by atoms with van der Waals surface area (Å²) in [5.41, 5.74) is 1.78. The minimum absolute atomic E-state index is 0.0634. The average molecular weight is 420 g/mol. The summed E-state index contributed by atoms with van der Waals surface area (Å²) in [6, 6.07) is 9.05. The van der Waals surface area contributed by atoms with E-state index in [2.05, 4.69) is 26.6 Å². The van der Waals surface area contributed by atoms with Gasteiger partial charge in [-0.25, -0.2) is 0 Å². The molecule has 0 radical (unpaired) electrons. The van der Waals surface area contributed by atoms with E-state index < -0.39 is 0 Å². The van der Waals surface area contributed by atoms with E-state index >= 15 is 0 Å². The first-order valence-corrected chi connectivity index (χ1v) is 9.42. The lowest BCUT2D eigenvalue weighted by Gasteiger charge is -2.23. The molecule has 2 heterocycles. The number of aryl methyl sites for hydroxylation is 1. The number of nitrogens with one attached hydrogen (secondary N) is 2. The van der Waals surface area contributed by atoms with Crippen LogP contribution in [0.4, 0.5) is 5.69 Å². The van der Waals surface area contributed by atoms with Gasteiger partial charge in [-0.2, -0.15) is 0 Å². The summed E-state index contributed by atoms with van der Waals surface area (Å²) < 4.78 is 6.20. The quantitative estimate of drug-likeness (QED) is 0.754. The molecule has 2 aromatic rings. The van der Waals surface area contributed by atoms with E-state index in [4.69, 9.17) is 4.42 Å². The van der Waals surface area contributed by atoms with Gasteiger partial charge in [-0.1, -0.05) is 15.9 Å². The molecule has 1 unspecified atom stereocenters. The SMILES string of the molecule is Cc1cc(Br)ccc1NC(=O)CN1CCCC1C(=O)NCc1ccco1. The fourth-order valence-electron chi connectivity index (χ4n) is 3.16. The van der Waals surface area contributed by atoms with Crippen LogP contribution in [0, 0.1) is 6.92 Å². The Morgan fingerprint density at radius 2 is 2.19 bits per heavy atom. The predicted octanol–water partition coefficient (Wildman–Crippen LogP) is 3.07. The third-order valence-corrected chi connectivity index (χ3v) is 4.99. The van der Waals surface area contributed by atoms with Gasteiger partial charge in [-0.15, -0.1) is 0 Å². The number of rotatable bonds is 6. The van der Waals surface area contributed by atoms with Crippen LogP contribution < -0.4 is 10.6 Å². The van der Waals surface area contributed by atoms with Crippen LogP contribution in [-0.4, -0.2) is 35.8 Å². The minimum atomic E-state index is -0.276. The van der Waals surface area contributed by atoms with E-state index in [0.717, 1.165) is 35.1 Å². The van der Waals surface area contributed by atoms with Gasteiger partial charge in [0, 0.05) is 10.2 Å². The van der Waals surface area contributed by atoms with E-state index in [0.29, 0.717) is 12.3 Å². The van der Waals surface area contributed by atoms with Crippen molar-refractivity contribution in [2.45, 2.75) is 32.4 Å². The Morgan fingerprint density at radius 1 is 1.35 bits per heavy atom. The molecule has 138 valence electrons. The molecule has 0 spiro atoms. The number of halogens is 1. The van der Waals surface area contributed by atoms with Gasteiger partial charge in [-0.05, 0) is 62.2 Å². The second-order valence-electron chi connectivity index (χ2n) is 6.43. The van der Waals surface area contributed by atoms with Crippen LogP contribution in [0.5, 0.6) is 0 Å². The molecule has 0 aliphatic carbocycles. The molecule has 0 saturated carbocycles. The van der Waals surface area contributed by atoms with Crippen LogP contribution >= 0.6 is 15.9 Å². The largest absolute Gasteiger partial charge is 0.467 e. The van der Waals surface area contributed by atoms with Gasteiger partial charge >= 0.3 is 0 Å². The third-order valence-electron chi connectivity index (χ3n) is 4.49. The average Bonchev–Trinajstić information content (AvgIpc) is 3.27. The molecule has 1 atom stereocenters. The highest BCUT2D eigenvalue weighted by atomic mass is 79.9. The lowest BCUT2D eigenvalue weighted by molar-refractivity contribution is -0.126. The van der Waals surface area contributed by atoms with Gasteiger partial charge in [-0.3, -0.25) is 14.5 Å². The molecule has 1 fully saturated rings. The highest BCUT2D eigenvalue weighted by molar-refractivity contribution is 9.10. The zero-order valence-electron chi connectivity index (χ0n) is 14.6. The fourth-order valence-corrected chi connectivity index (χ4v) is 3.63. The molecular formula is C19H22BrN3O3. The Bertz CT molecular complexity index is 776. The Hall–Kier alpha value is -2.12. The molecule has 1 aromatic carbocycles. The normalized spacial score (nSPS) is 17.2. The molecule has 7 heteroatoms. The first-order chi connectivity index (χ1) is 12.5. The van der Waals surface area contributed by atoms with Crippen molar-refractivity contribution in [3.63, 3.8) is 0 Å². The number of carbonyl (C=O) groups is 2. The van der Waals surface area contributed by atoms with Gasteiger partial charge in [0.15, 0.2) is 0 Å². The van der Waals surface area contributed by atoms with Crippen molar-refractivity contribution in [3.8, 4) is 0 Å². The zero-order chi connectivity index (χ0) is 18.5. The van der Waals surface area contributed by atoms with Crippen molar-refractivity contribution in [1.29, 1.82) is 0 Å². The van der Waals surface area contributed by atoms with Gasteiger partial charge in [0.2, 0.25) is 11.8 Å². The lowest BCUT2D eigenvalue weighted by Crippen LogP contribution is -2.45. The summed E-state index contributed by atoms with van der Waals surface area (Å²) in [4.78, 5) is 26.8. The molecule has 6 nitrogen and oxygen atoms in total. The van der Waals surface area contributed by atoms with Crippen molar-refractivity contribution in [1.82, 2.24) is 10.2 Å². The zero-order valence-corrected chi connectivity index (χ0v) is 16.2. The number of furan rings is 1. The van der Waals surface area contributed by atoms with Crippen LogP contribution in [-0.2, 0) is 16.1 Å². The van der Waals surface area contributed by atoms with Crippen molar-refractivity contribution < 1.29 is 14.0 Å². The standard InChI is InChI=1S/C19H22BrN3O3/c1-13-10-14(20)6-7-16(13)22-18(24)12-23-8-2-5-17(23)19(25)21-11-15-4-3-9-26-15/h3-4,6-7,9-10,17H,2,5,8,11-12H2,1H3,(H,21,25)(H,22,24). The predicted molar refractivity (Wildman–Crippen MR) is 103 cm³/mol. The van der Waals surface area contributed by atoms with Gasteiger partial charge in [0.1, 0.15) is 5.76 Å². The number of likely N-dealkylation sites (tertiary alicyclic amines) is 1. The molecule has 1 saturated heterocycles. The number of carbonyl (C=O) groups excluding carboxylic acids is 2. The lowest BCUT2D eigenvalue weighted by atomic mass is 10.2. The Labute approximate surface area is 161 Å². The number of hydrogen-bond acceptors (Lipinski definition) is 4. The van der Waals surface area contributed by atoms with Crippen molar-refractivity contribution in [2.75, 3.05) is 18.4 Å². The number of benzene rings is 1. The molecule has 3 rings (SSSR count). The van der Waals surface area contributed by atoms with Crippen LogP contribution in [0.1, 0.15) is 24.2 Å². The maximum atomic E-state index is 12.5. The van der Waals surface area contributed by atoms with E-state index in [1.807, 2.05) is 36.1 Å². The third kappa shape index (κ3) is 4.74. The summed E-state index contributed by atoms with van der Waals surface area (Å²) in [5.74, 6) is 0.541. The molecule has 1 aromatic heterocycles. The summed E-state index contributed by atoms with van der Waals surface area (Å²) in [6.45, 7) is 3.25. The van der Waals surface area contributed by atoms with Crippen LogP contribution in [0.15, 0.2) is 45.5 Å². The number of anilines is 1. The highest BCUT2D eigenvalue weighted by Crippen LogP contribution is 2.21. The molecule has 26 heavy (non-hydrogen) atoms. The van der Waals surface area contributed by atoms with E-state index in [1.54, 1.807) is 12.3 Å². The van der Waals surface area contributed by atoms with Crippen LogP contribution in [0.3, 0.4) is 0 Å². The Balaban J connectivity index is 1.54. The maximum absolute atomic E-state index is 12.5. The number of amides is 2. The van der Waals surface area contributed by atoms with E-state index in [1.165, 1.54) is 0 Å². The molecule has 0 bridgehead atoms. The van der Waals surface area contributed by atoms with Gasteiger partial charge < -0.3 is 15.1 Å². The van der Waals surface area contributed by atoms with Crippen LogP contribution in [0.2, 0.25) is 0 Å². The summed E-state index contributed by atoms with van der Waals surface area (Å²) >= 11 is 3.41. The first kappa shape index (κ1) is 18.7. The van der Waals surface area contributed by atoms with Crippen molar-refractivity contribution in [2.24, 2.45) is 0 Å². The van der Waals surface area contributed by atoms with Crippen molar-refractivity contribution >= 4 is 33.4 Å². The summed E-state index contributed by atoms with van der Waals surface area (Å²) in [6.07, 6.45) is 3.25. The second-order valence-corrected chi connectivity index (χ2v) is 7.35. The minimum Gasteiger partial charge on any atom is -0.467 e. The summed E-state index contributed by atoms with van der Waals surface area (Å²) in [7, 11) is 0. The molecule has 2 N–H and O–H groups in total. The van der Waals surface area contributed by atoms with E-state index in [9.17, 15) is 9.59 Å². The molecule has 1 aliphatic heterocycles.